The molecule has 0 heterocycles. The second kappa shape index (κ2) is 3.65. The summed E-state index contributed by atoms with van der Waals surface area (Å²) in [5, 5.41) is 0. The van der Waals surface area contributed by atoms with Gasteiger partial charge in [0.15, 0.2) is 0 Å². The van der Waals surface area contributed by atoms with E-state index < -0.39 is 15.6 Å². The molecule has 7 nitrogen and oxygen atoms in total. The molecule has 1 atom stereocenters. The fourth-order valence-electron chi connectivity index (χ4n) is 0.154. The van der Waals surface area contributed by atoms with Gasteiger partial charge in [0.25, 0.3) is 0 Å². The van der Waals surface area contributed by atoms with Crippen molar-refractivity contribution >= 4 is 39.1 Å². The second-order valence-electron chi connectivity index (χ2n) is 1.15. The van der Waals surface area contributed by atoms with Gasteiger partial charge in [0.1, 0.15) is 0 Å². The van der Waals surface area contributed by atoms with Crippen LogP contribution >= 0.6 is 15.6 Å². The average molecular weight is 301 g/mol. The van der Waals surface area contributed by atoms with E-state index >= 15 is 0 Å². The first-order valence-electron chi connectivity index (χ1n) is 1.75. The van der Waals surface area contributed by atoms with Gasteiger partial charge in [0.05, 0.1) is 0 Å². The van der Waals surface area contributed by atoms with Crippen molar-refractivity contribution in [2.45, 2.75) is 0 Å². The van der Waals surface area contributed by atoms with Gasteiger partial charge in [-0.25, -0.2) is 0 Å². The van der Waals surface area contributed by atoms with E-state index in [9.17, 15) is 9.13 Å². The standard InChI is InChI=1S/H4O7P2.Sb.2H/c1-8(2,3)7-9(4,5)6;;;/h(H2,1,2,3)(H2,4,5,6);;;/q;+1;;/p-1. The predicted molar refractivity (Wildman–Crippen MR) is 32.6 cm³/mol. The molecule has 0 rings (SSSR count). The third-order valence-electron chi connectivity index (χ3n) is 0.343. The summed E-state index contributed by atoms with van der Waals surface area (Å²) in [7, 11) is -9.42. The maximum atomic E-state index is 10.2. The Balaban J connectivity index is 4.17. The van der Waals surface area contributed by atoms with Crippen LogP contribution in [0.1, 0.15) is 0 Å². The average Bonchev–Trinajstić information content (AvgIpc) is 1.60. The summed E-state index contributed by atoms with van der Waals surface area (Å²) in [4.78, 5) is 24.3. The van der Waals surface area contributed by atoms with Crippen LogP contribution in [0.5, 0.6) is 0 Å². The van der Waals surface area contributed by atoms with Crippen LogP contribution in [0.25, 0.3) is 0 Å². The first kappa shape index (κ1) is 11.1. The molecule has 0 bridgehead atoms. The molecule has 0 aliphatic heterocycles. The normalized spacial score (nSPS) is 18.4. The molecule has 0 aromatic carbocycles. The Kier molecular flexibility index (Phi) is 4.05. The van der Waals surface area contributed by atoms with Crippen LogP contribution < -0.4 is 0 Å². The quantitative estimate of drug-likeness (QED) is 0.441. The van der Waals surface area contributed by atoms with Gasteiger partial charge in [-0.1, -0.05) is 0 Å². The van der Waals surface area contributed by atoms with Crippen molar-refractivity contribution in [3.05, 3.63) is 0 Å². The molecule has 0 saturated heterocycles. The Morgan fingerprint density at radius 1 is 1.20 bits per heavy atom. The number of phosphoric acid groups is 2. The zero-order chi connectivity index (χ0) is 8.41. The van der Waals surface area contributed by atoms with Gasteiger partial charge < -0.3 is 0 Å². The van der Waals surface area contributed by atoms with Crippen molar-refractivity contribution in [2.75, 3.05) is 0 Å². The minimum atomic E-state index is -4.92. The van der Waals surface area contributed by atoms with Crippen molar-refractivity contribution in [3.8, 4) is 0 Å². The van der Waals surface area contributed by atoms with Crippen LogP contribution in [0.3, 0.4) is 0 Å². The summed E-state index contributed by atoms with van der Waals surface area (Å²) in [6.07, 6.45) is 0. The first-order valence-corrected chi connectivity index (χ1v) is 6.12. The molecule has 62 valence electrons. The second-order valence-corrected chi connectivity index (χ2v) is 5.73. The van der Waals surface area contributed by atoms with E-state index in [1.807, 2.05) is 0 Å². The third kappa shape index (κ3) is 5.83. The molecule has 10 heavy (non-hydrogen) atoms. The van der Waals surface area contributed by atoms with Gasteiger partial charge in [0, 0.05) is 0 Å². The van der Waals surface area contributed by atoms with Crippen molar-refractivity contribution in [2.24, 2.45) is 0 Å². The monoisotopic (exact) mass is 300 g/mol. The molecule has 0 aromatic rings. The molecule has 0 saturated carbocycles. The van der Waals surface area contributed by atoms with Crippen LogP contribution in [0.15, 0.2) is 0 Å². The molecule has 0 aliphatic rings. The molecular formula is H5O7P2Sb. The zero-order valence-electron chi connectivity index (χ0n) is 4.45. The van der Waals surface area contributed by atoms with Gasteiger partial charge in [0.2, 0.25) is 0 Å². The first-order chi connectivity index (χ1) is 4.27. The fraction of sp³-hybridized carbons (Fsp3) is 0. The van der Waals surface area contributed by atoms with E-state index in [4.69, 9.17) is 14.7 Å². The third-order valence-corrected chi connectivity index (χ3v) is 4.57. The van der Waals surface area contributed by atoms with E-state index in [1.165, 1.54) is 0 Å². The van der Waals surface area contributed by atoms with Gasteiger partial charge in [-0.2, -0.15) is 0 Å². The Morgan fingerprint density at radius 2 is 1.60 bits per heavy atom. The van der Waals surface area contributed by atoms with Crippen molar-refractivity contribution in [1.82, 2.24) is 0 Å². The molecule has 0 aliphatic carbocycles. The molecule has 0 radical (unpaired) electrons. The molecule has 0 aromatic heterocycles. The number of hydrogen-bond acceptors (Lipinski definition) is 4. The summed E-state index contributed by atoms with van der Waals surface area (Å²) < 4.78 is 27.3. The van der Waals surface area contributed by atoms with Gasteiger partial charge in [-0.3, -0.25) is 0 Å². The van der Waals surface area contributed by atoms with Crippen molar-refractivity contribution in [3.63, 3.8) is 0 Å². The zero-order valence-corrected chi connectivity index (χ0v) is 9.53. The summed E-state index contributed by atoms with van der Waals surface area (Å²) in [6, 6.07) is 0. The Hall–Kier alpha value is 1.08. The van der Waals surface area contributed by atoms with Crippen LogP contribution in [0.4, 0.5) is 0 Å². The van der Waals surface area contributed by atoms with Gasteiger partial charge >= 0.3 is 70.0 Å². The Bertz CT molecular complexity index is 190. The van der Waals surface area contributed by atoms with E-state index in [1.54, 1.807) is 0 Å². The molecular weight excluding hydrogens is 296 g/mol. The maximum absolute atomic E-state index is 10.2. The topological polar surface area (TPSA) is 113 Å². The SMILES string of the molecule is O=P(O)(O)OP(=O)(O)[O][SbH2]. The van der Waals surface area contributed by atoms with E-state index in [2.05, 4.69) is 7.11 Å². The Labute approximate surface area is 70.3 Å². The van der Waals surface area contributed by atoms with E-state index in [0.29, 0.717) is 0 Å². The summed E-state index contributed by atoms with van der Waals surface area (Å²) in [6.45, 7) is 0. The van der Waals surface area contributed by atoms with Gasteiger partial charge in [-0.15, -0.1) is 0 Å². The molecule has 3 N–H and O–H groups in total. The van der Waals surface area contributed by atoms with Crippen LogP contribution in [0, 0.1) is 0 Å². The predicted octanol–water partition coefficient (Wildman–Crippen LogP) is -1.24. The van der Waals surface area contributed by atoms with E-state index in [0.717, 1.165) is 0 Å². The summed E-state index contributed by atoms with van der Waals surface area (Å²) in [5.74, 6) is 0. The summed E-state index contributed by atoms with van der Waals surface area (Å²) >= 11 is -0.0813. The molecule has 1 unspecified atom stereocenters. The molecule has 0 spiro atoms. The molecule has 0 amide bonds. The summed E-state index contributed by atoms with van der Waals surface area (Å²) in [5.41, 5.74) is 0. The van der Waals surface area contributed by atoms with Crippen LogP contribution in [-0.4, -0.2) is 38.1 Å². The van der Waals surface area contributed by atoms with Crippen molar-refractivity contribution < 1.29 is 30.9 Å². The fourth-order valence-corrected chi connectivity index (χ4v) is 2.37. The van der Waals surface area contributed by atoms with Crippen LogP contribution in [-0.2, 0) is 16.2 Å². The van der Waals surface area contributed by atoms with Gasteiger partial charge in [-0.05, 0) is 0 Å². The van der Waals surface area contributed by atoms with E-state index in [-0.39, 0.29) is 23.4 Å². The number of rotatable bonds is 3. The van der Waals surface area contributed by atoms with Crippen molar-refractivity contribution in [1.29, 1.82) is 0 Å². The minimum absolute atomic E-state index is 0.0813. The number of hydrogen-bond donors (Lipinski definition) is 3. The van der Waals surface area contributed by atoms with Crippen LogP contribution in [0.2, 0.25) is 0 Å². The molecule has 10 heteroatoms. The molecule has 0 fully saturated rings. The Morgan fingerprint density at radius 3 is 1.70 bits per heavy atom.